The minimum Gasteiger partial charge on any atom is -0.452 e. The molecule has 0 aliphatic carbocycles. The van der Waals surface area contributed by atoms with Gasteiger partial charge < -0.3 is 19.7 Å². The number of carbonyl (C=O) groups excluding carboxylic acids is 3. The van der Waals surface area contributed by atoms with Crippen LogP contribution < -0.4 is 5.32 Å². The van der Waals surface area contributed by atoms with Crippen LogP contribution in [0.2, 0.25) is 0 Å². The van der Waals surface area contributed by atoms with Crippen LogP contribution in [-0.4, -0.2) is 59.7 Å². The van der Waals surface area contributed by atoms with Crippen LogP contribution in [0.3, 0.4) is 0 Å². The third-order valence-corrected chi connectivity index (χ3v) is 6.04. The number of rotatable bonds is 9. The van der Waals surface area contributed by atoms with Gasteiger partial charge in [0.25, 0.3) is 5.91 Å². The molecule has 1 aliphatic rings. The molecule has 0 spiro atoms. The second kappa shape index (κ2) is 13.5. The molecule has 10 nitrogen and oxygen atoms in total. The van der Waals surface area contributed by atoms with Crippen LogP contribution in [-0.2, 0) is 31.9 Å². The Kier molecular flexibility index (Phi) is 10.1. The third-order valence-electron chi connectivity index (χ3n) is 6.04. The molecule has 2 amide bonds. The molecular weight excluding hydrogens is 486 g/mol. The minimum absolute atomic E-state index is 0.0206. The normalized spacial score (nSPS) is 15.5. The minimum atomic E-state index is -1.31. The number of piperidine rings is 1. The van der Waals surface area contributed by atoms with E-state index < -0.39 is 29.6 Å². The van der Waals surface area contributed by atoms with Crippen LogP contribution in [0.4, 0.5) is 4.79 Å². The molecule has 1 fully saturated rings. The van der Waals surface area contributed by atoms with Crippen LogP contribution in [0.15, 0.2) is 65.8 Å². The van der Waals surface area contributed by atoms with Crippen molar-refractivity contribution in [2.24, 2.45) is 5.11 Å². The number of hydrogen-bond acceptors (Lipinski definition) is 6. The van der Waals surface area contributed by atoms with Gasteiger partial charge in [0, 0.05) is 24.0 Å². The highest BCUT2D eigenvalue weighted by Crippen LogP contribution is 2.18. The van der Waals surface area contributed by atoms with Crippen LogP contribution in [0.25, 0.3) is 10.4 Å². The zero-order valence-corrected chi connectivity index (χ0v) is 22.1. The van der Waals surface area contributed by atoms with Gasteiger partial charge in [0.15, 0.2) is 6.10 Å². The Hall–Kier alpha value is -4.04. The maximum absolute atomic E-state index is 13.4. The number of ether oxygens (including phenoxy) is 2. The maximum atomic E-state index is 13.4. The summed E-state index contributed by atoms with van der Waals surface area (Å²) in [5.41, 5.74) is 10.2. The number of likely N-dealkylation sites (tertiary alicyclic amines) is 1. The van der Waals surface area contributed by atoms with Gasteiger partial charge in [-0.3, -0.25) is 9.59 Å². The summed E-state index contributed by atoms with van der Waals surface area (Å²) in [7, 11) is 0. The Morgan fingerprint density at radius 2 is 1.61 bits per heavy atom. The van der Waals surface area contributed by atoms with E-state index in [9.17, 15) is 19.9 Å². The van der Waals surface area contributed by atoms with Gasteiger partial charge in [0.2, 0.25) is 0 Å². The number of carbonyl (C=O) groups is 3. The molecule has 2 aromatic carbocycles. The molecule has 3 rings (SSSR count). The van der Waals surface area contributed by atoms with Gasteiger partial charge >= 0.3 is 12.1 Å². The van der Waals surface area contributed by atoms with Crippen molar-refractivity contribution >= 4 is 18.0 Å². The van der Waals surface area contributed by atoms with Crippen molar-refractivity contribution in [2.75, 3.05) is 13.1 Å². The number of azide groups is 1. The van der Waals surface area contributed by atoms with Crippen molar-refractivity contribution in [3.8, 4) is 0 Å². The molecule has 1 saturated heterocycles. The van der Waals surface area contributed by atoms with Crippen LogP contribution in [0.1, 0.15) is 44.7 Å². The van der Waals surface area contributed by atoms with Gasteiger partial charge in [-0.15, -0.1) is 0 Å². The molecular formula is C28H35N5O5. The van der Waals surface area contributed by atoms with Crippen molar-refractivity contribution in [1.29, 1.82) is 0 Å². The third kappa shape index (κ3) is 9.12. The summed E-state index contributed by atoms with van der Waals surface area (Å²) in [6.45, 7) is 6.27. The smallest absolute Gasteiger partial charge is 0.410 e. The first-order valence-corrected chi connectivity index (χ1v) is 12.7. The molecule has 10 heteroatoms. The largest absolute Gasteiger partial charge is 0.452 e. The second-order valence-electron chi connectivity index (χ2n) is 10.3. The summed E-state index contributed by atoms with van der Waals surface area (Å²) in [4.78, 5) is 43.2. The highest BCUT2D eigenvalue weighted by Gasteiger charge is 2.34. The monoisotopic (exact) mass is 521 g/mol. The fourth-order valence-electron chi connectivity index (χ4n) is 4.20. The molecule has 1 N–H and O–H groups in total. The van der Waals surface area contributed by atoms with E-state index in [2.05, 4.69) is 15.3 Å². The predicted molar refractivity (Wildman–Crippen MR) is 142 cm³/mol. The van der Waals surface area contributed by atoms with Crippen LogP contribution in [0, 0.1) is 0 Å². The SMILES string of the molecule is CC(C)(C)OC(=O)N1CCC(NC(=O)C(OC(=O)Cc2ccccc2)C(Cc2ccccc2)N=[N+]=[N-])CC1. The lowest BCUT2D eigenvalue weighted by molar-refractivity contribution is -0.157. The van der Waals surface area contributed by atoms with E-state index in [4.69, 9.17) is 9.47 Å². The fourth-order valence-corrected chi connectivity index (χ4v) is 4.20. The molecule has 0 bridgehead atoms. The Morgan fingerprint density at radius 1 is 1.03 bits per heavy atom. The Balaban J connectivity index is 1.70. The van der Waals surface area contributed by atoms with E-state index in [1.54, 1.807) is 17.0 Å². The van der Waals surface area contributed by atoms with Crippen molar-refractivity contribution in [3.05, 3.63) is 82.2 Å². The molecule has 202 valence electrons. The standard InChI is InChI=1S/C28H35N5O5/c1-28(2,3)38-27(36)33-16-14-22(15-17-33)30-26(35)25(37-24(34)19-21-12-8-5-9-13-21)23(31-32-29)18-20-10-6-4-7-11-20/h4-13,22-23,25H,14-19H2,1-3H3,(H,30,35). The van der Waals surface area contributed by atoms with Crippen LogP contribution in [0.5, 0.6) is 0 Å². The quantitative estimate of drug-likeness (QED) is 0.223. The molecule has 2 atom stereocenters. The highest BCUT2D eigenvalue weighted by atomic mass is 16.6. The number of hydrogen-bond donors (Lipinski definition) is 1. The van der Waals surface area contributed by atoms with Crippen molar-refractivity contribution < 1.29 is 23.9 Å². The summed E-state index contributed by atoms with van der Waals surface area (Å²) in [6.07, 6.45) is -0.472. The molecule has 2 aromatic rings. The van der Waals surface area contributed by atoms with Gasteiger partial charge in [-0.05, 0) is 56.7 Å². The average Bonchev–Trinajstić information content (AvgIpc) is 2.87. The first-order chi connectivity index (χ1) is 18.1. The number of nitrogens with zero attached hydrogens (tertiary/aromatic N) is 4. The summed E-state index contributed by atoms with van der Waals surface area (Å²) in [6, 6.07) is 17.1. The lowest BCUT2D eigenvalue weighted by Gasteiger charge is -2.34. The second-order valence-corrected chi connectivity index (χ2v) is 10.3. The summed E-state index contributed by atoms with van der Waals surface area (Å²) < 4.78 is 11.1. The van der Waals surface area contributed by atoms with E-state index in [1.165, 1.54) is 0 Å². The van der Waals surface area contributed by atoms with Gasteiger partial charge in [-0.2, -0.15) is 0 Å². The number of esters is 1. The summed E-state index contributed by atoms with van der Waals surface area (Å²) >= 11 is 0. The number of nitrogens with one attached hydrogen (secondary N) is 1. The summed E-state index contributed by atoms with van der Waals surface area (Å²) in [5.74, 6) is -1.13. The molecule has 0 radical (unpaired) electrons. The molecule has 0 aromatic heterocycles. The lowest BCUT2D eigenvalue weighted by Crippen LogP contribution is -2.52. The van der Waals surface area contributed by atoms with Gasteiger partial charge in [-0.1, -0.05) is 65.8 Å². The van der Waals surface area contributed by atoms with E-state index in [1.807, 2.05) is 69.3 Å². The highest BCUT2D eigenvalue weighted by molar-refractivity contribution is 5.85. The molecule has 0 saturated carbocycles. The summed E-state index contributed by atoms with van der Waals surface area (Å²) in [5, 5.41) is 6.78. The molecule has 1 aliphatic heterocycles. The van der Waals surface area contributed by atoms with Crippen LogP contribution >= 0.6 is 0 Å². The Morgan fingerprint density at radius 3 is 2.16 bits per heavy atom. The van der Waals surface area contributed by atoms with Gasteiger partial charge in [0.05, 0.1) is 12.5 Å². The fraction of sp³-hybridized carbons (Fsp3) is 0.464. The van der Waals surface area contributed by atoms with E-state index in [-0.39, 0.29) is 25.0 Å². The Labute approximate surface area is 222 Å². The number of benzene rings is 2. The average molecular weight is 522 g/mol. The number of amides is 2. The van der Waals surface area contributed by atoms with E-state index in [0.717, 1.165) is 11.1 Å². The zero-order chi connectivity index (χ0) is 27.5. The predicted octanol–water partition coefficient (Wildman–Crippen LogP) is 4.58. The topological polar surface area (TPSA) is 134 Å². The first-order valence-electron chi connectivity index (χ1n) is 12.7. The molecule has 1 heterocycles. The Bertz CT molecular complexity index is 1120. The van der Waals surface area contributed by atoms with Crippen molar-refractivity contribution in [2.45, 2.75) is 70.2 Å². The first kappa shape index (κ1) is 28.5. The zero-order valence-electron chi connectivity index (χ0n) is 22.1. The molecule has 2 unspecified atom stereocenters. The van der Waals surface area contributed by atoms with Gasteiger partial charge in [0.1, 0.15) is 5.60 Å². The maximum Gasteiger partial charge on any atom is 0.410 e. The van der Waals surface area contributed by atoms with E-state index in [0.29, 0.717) is 25.9 Å². The van der Waals surface area contributed by atoms with Crippen molar-refractivity contribution in [1.82, 2.24) is 10.2 Å². The lowest BCUT2D eigenvalue weighted by atomic mass is 9.99. The van der Waals surface area contributed by atoms with Gasteiger partial charge in [-0.25, -0.2) is 4.79 Å². The van der Waals surface area contributed by atoms with E-state index >= 15 is 0 Å². The van der Waals surface area contributed by atoms with Crippen molar-refractivity contribution in [3.63, 3.8) is 0 Å². The molecule has 38 heavy (non-hydrogen) atoms.